The second kappa shape index (κ2) is 8.43. The molecule has 29 heavy (non-hydrogen) atoms. The smallest absolute Gasteiger partial charge is 0.254 e. The number of nitrogens with zero attached hydrogens (tertiary/aromatic N) is 3. The van der Waals surface area contributed by atoms with Crippen molar-refractivity contribution in [3.63, 3.8) is 0 Å². The van der Waals surface area contributed by atoms with Crippen molar-refractivity contribution in [2.24, 2.45) is 0 Å². The molecule has 1 fully saturated rings. The third kappa shape index (κ3) is 4.45. The van der Waals surface area contributed by atoms with Crippen molar-refractivity contribution in [1.29, 1.82) is 0 Å². The molecule has 1 aromatic heterocycles. The van der Waals surface area contributed by atoms with Gasteiger partial charge in [-0.15, -0.1) is 0 Å². The van der Waals surface area contributed by atoms with Gasteiger partial charge in [-0.25, -0.2) is 0 Å². The molecular weight excluding hydrogens is 368 g/mol. The third-order valence-electron chi connectivity index (χ3n) is 5.45. The van der Waals surface area contributed by atoms with Crippen LogP contribution in [0.4, 0.5) is 0 Å². The molecule has 0 bridgehead atoms. The minimum atomic E-state index is -0.0832. The maximum absolute atomic E-state index is 12.6. The van der Waals surface area contributed by atoms with Gasteiger partial charge in [0.1, 0.15) is 6.54 Å². The highest BCUT2D eigenvalue weighted by Gasteiger charge is 2.34. The van der Waals surface area contributed by atoms with E-state index in [-0.39, 0.29) is 30.3 Å². The number of likely N-dealkylation sites (tertiary alicyclic amines) is 1. The van der Waals surface area contributed by atoms with Crippen molar-refractivity contribution in [3.8, 4) is 0 Å². The van der Waals surface area contributed by atoms with Gasteiger partial charge in [0.15, 0.2) is 0 Å². The maximum Gasteiger partial charge on any atom is 0.254 e. The van der Waals surface area contributed by atoms with Gasteiger partial charge >= 0.3 is 0 Å². The molecule has 0 saturated carbocycles. The highest BCUT2D eigenvalue weighted by atomic mass is 16.2. The number of nitrogens with one attached hydrogen (secondary N) is 1. The first-order valence-corrected chi connectivity index (χ1v) is 9.94. The fourth-order valence-corrected chi connectivity index (χ4v) is 3.75. The molecule has 3 amide bonds. The number of fused-ring (bicyclic) bond motifs is 1. The molecule has 1 saturated heterocycles. The van der Waals surface area contributed by atoms with Gasteiger partial charge in [0, 0.05) is 43.5 Å². The Kier molecular flexibility index (Phi) is 5.55. The molecule has 1 aromatic carbocycles. The van der Waals surface area contributed by atoms with Crippen LogP contribution >= 0.6 is 0 Å². The maximum atomic E-state index is 12.6. The van der Waals surface area contributed by atoms with E-state index >= 15 is 0 Å². The Morgan fingerprint density at radius 2 is 1.90 bits per heavy atom. The molecule has 150 valence electrons. The van der Waals surface area contributed by atoms with E-state index in [1.165, 1.54) is 0 Å². The average molecular weight is 392 g/mol. The summed E-state index contributed by atoms with van der Waals surface area (Å²) in [4.78, 5) is 44.7. The summed E-state index contributed by atoms with van der Waals surface area (Å²) < 4.78 is 0. The van der Waals surface area contributed by atoms with E-state index < -0.39 is 0 Å². The van der Waals surface area contributed by atoms with Crippen LogP contribution in [0.25, 0.3) is 0 Å². The lowest BCUT2D eigenvalue weighted by molar-refractivity contribution is -0.138. The first-order valence-electron chi connectivity index (χ1n) is 9.94. The summed E-state index contributed by atoms with van der Waals surface area (Å²) in [6.45, 7) is 1.64. The van der Waals surface area contributed by atoms with Crippen molar-refractivity contribution >= 4 is 17.7 Å². The van der Waals surface area contributed by atoms with Gasteiger partial charge < -0.3 is 15.1 Å². The molecule has 0 aliphatic carbocycles. The van der Waals surface area contributed by atoms with Crippen LogP contribution in [0.2, 0.25) is 0 Å². The summed E-state index contributed by atoms with van der Waals surface area (Å²) in [6, 6.07) is 13.2. The van der Waals surface area contributed by atoms with E-state index in [1.54, 1.807) is 16.0 Å². The molecule has 4 rings (SSSR count). The topological polar surface area (TPSA) is 82.6 Å². The van der Waals surface area contributed by atoms with E-state index in [1.807, 2.05) is 42.5 Å². The van der Waals surface area contributed by atoms with Crippen molar-refractivity contribution in [2.45, 2.75) is 25.3 Å². The third-order valence-corrected chi connectivity index (χ3v) is 5.45. The predicted octanol–water partition coefficient (Wildman–Crippen LogP) is 1.04. The largest absolute Gasteiger partial charge is 0.350 e. The van der Waals surface area contributed by atoms with E-state index in [4.69, 9.17) is 0 Å². The summed E-state index contributed by atoms with van der Waals surface area (Å²) in [5.41, 5.74) is 2.62. The number of pyridine rings is 1. The molecule has 0 unspecified atom stereocenters. The number of aromatic nitrogens is 1. The zero-order valence-electron chi connectivity index (χ0n) is 16.2. The highest BCUT2D eigenvalue weighted by molar-refractivity contribution is 5.98. The van der Waals surface area contributed by atoms with Crippen LogP contribution in [0.1, 0.15) is 28.0 Å². The number of carbonyl (C=O) groups is 3. The SMILES string of the molecule is O=C(CCc1ccccn1)NC1CN(C(=O)CN2CCc3ccccc3C2=O)C1. The minimum absolute atomic E-state index is 0.0204. The van der Waals surface area contributed by atoms with Gasteiger partial charge in [-0.2, -0.15) is 0 Å². The number of benzene rings is 1. The van der Waals surface area contributed by atoms with Gasteiger partial charge in [0.05, 0.1) is 6.04 Å². The molecular formula is C22H24N4O3. The Labute approximate surface area is 169 Å². The Balaban J connectivity index is 1.20. The zero-order chi connectivity index (χ0) is 20.2. The standard InChI is InChI=1S/C22H24N4O3/c27-20(9-8-17-6-3-4-11-23-17)24-18-13-26(14-18)21(28)15-25-12-10-16-5-1-2-7-19(16)22(25)29/h1-7,11,18H,8-10,12-15H2,(H,24,27). The molecule has 2 aliphatic heterocycles. The van der Waals surface area contributed by atoms with Crippen molar-refractivity contribution < 1.29 is 14.4 Å². The van der Waals surface area contributed by atoms with Crippen LogP contribution in [0, 0.1) is 0 Å². The molecule has 7 nitrogen and oxygen atoms in total. The Morgan fingerprint density at radius 3 is 2.69 bits per heavy atom. The monoisotopic (exact) mass is 392 g/mol. The molecule has 2 aromatic rings. The van der Waals surface area contributed by atoms with Gasteiger partial charge in [-0.3, -0.25) is 19.4 Å². The lowest BCUT2D eigenvalue weighted by Gasteiger charge is -2.41. The van der Waals surface area contributed by atoms with Crippen molar-refractivity contribution in [1.82, 2.24) is 20.1 Å². The van der Waals surface area contributed by atoms with Crippen LogP contribution in [-0.2, 0) is 22.4 Å². The summed E-state index contributed by atoms with van der Waals surface area (Å²) in [5.74, 6) is -0.188. The molecule has 0 spiro atoms. The van der Waals surface area contributed by atoms with Gasteiger partial charge in [0.25, 0.3) is 5.91 Å². The lowest BCUT2D eigenvalue weighted by atomic mass is 9.99. The van der Waals surface area contributed by atoms with E-state index in [0.717, 1.165) is 17.7 Å². The number of amides is 3. The van der Waals surface area contributed by atoms with E-state index in [9.17, 15) is 14.4 Å². The van der Waals surface area contributed by atoms with Crippen LogP contribution < -0.4 is 5.32 Å². The Bertz CT molecular complexity index is 909. The molecule has 0 atom stereocenters. The quantitative estimate of drug-likeness (QED) is 0.796. The minimum Gasteiger partial charge on any atom is -0.350 e. The molecule has 2 aliphatic rings. The van der Waals surface area contributed by atoms with Crippen LogP contribution in [-0.4, -0.2) is 64.7 Å². The molecule has 3 heterocycles. The highest BCUT2D eigenvalue weighted by Crippen LogP contribution is 2.19. The average Bonchev–Trinajstić information content (AvgIpc) is 2.72. The Hall–Kier alpha value is -3.22. The first kappa shape index (κ1) is 19.1. The van der Waals surface area contributed by atoms with Gasteiger partial charge in [-0.1, -0.05) is 24.3 Å². The zero-order valence-corrected chi connectivity index (χ0v) is 16.2. The fourth-order valence-electron chi connectivity index (χ4n) is 3.75. The van der Waals surface area contributed by atoms with Gasteiger partial charge in [0.2, 0.25) is 11.8 Å². The van der Waals surface area contributed by atoms with Crippen molar-refractivity contribution in [2.75, 3.05) is 26.2 Å². The van der Waals surface area contributed by atoms with Gasteiger partial charge in [-0.05, 0) is 36.6 Å². The van der Waals surface area contributed by atoms with Crippen LogP contribution in [0.5, 0.6) is 0 Å². The molecule has 7 heteroatoms. The Morgan fingerprint density at radius 1 is 1.10 bits per heavy atom. The summed E-state index contributed by atoms with van der Waals surface area (Å²) >= 11 is 0. The van der Waals surface area contributed by atoms with E-state index in [2.05, 4.69) is 10.3 Å². The summed E-state index contributed by atoms with van der Waals surface area (Å²) in [6.07, 6.45) is 3.46. The number of aryl methyl sites for hydroxylation is 1. The van der Waals surface area contributed by atoms with Crippen molar-refractivity contribution in [3.05, 3.63) is 65.5 Å². The number of hydrogen-bond acceptors (Lipinski definition) is 4. The molecule has 1 N–H and O–H groups in total. The molecule has 0 radical (unpaired) electrons. The van der Waals surface area contributed by atoms with E-state index in [0.29, 0.717) is 38.0 Å². The second-order valence-corrected chi connectivity index (χ2v) is 7.52. The first-order chi connectivity index (χ1) is 14.1. The van der Waals surface area contributed by atoms with Crippen LogP contribution in [0.3, 0.4) is 0 Å². The summed E-state index contributed by atoms with van der Waals surface area (Å²) in [5, 5.41) is 2.96. The normalized spacial score (nSPS) is 16.2. The lowest BCUT2D eigenvalue weighted by Crippen LogP contribution is -2.62. The van der Waals surface area contributed by atoms with Crippen LogP contribution in [0.15, 0.2) is 48.7 Å². The fraction of sp³-hybridized carbons (Fsp3) is 0.364. The number of carbonyl (C=O) groups excluding carboxylic acids is 3. The second-order valence-electron chi connectivity index (χ2n) is 7.52. The number of rotatable bonds is 6. The number of hydrogen-bond donors (Lipinski definition) is 1. The predicted molar refractivity (Wildman–Crippen MR) is 107 cm³/mol. The summed E-state index contributed by atoms with van der Waals surface area (Å²) in [7, 11) is 0.